The van der Waals surface area contributed by atoms with Crippen molar-refractivity contribution < 1.29 is 29.0 Å². The first-order valence-corrected chi connectivity index (χ1v) is 9.78. The monoisotopic (exact) mass is 420 g/mol. The smallest absolute Gasteiger partial charge is 0.425 e. The van der Waals surface area contributed by atoms with Crippen molar-refractivity contribution >= 4 is 24.0 Å². The molecule has 30 heavy (non-hydrogen) atoms. The van der Waals surface area contributed by atoms with Crippen molar-refractivity contribution in [1.29, 1.82) is 0 Å². The number of amides is 2. The summed E-state index contributed by atoms with van der Waals surface area (Å²) in [6, 6.07) is 1.69. The summed E-state index contributed by atoms with van der Waals surface area (Å²) in [6.07, 6.45) is 2.04. The number of ether oxygens (including phenoxy) is 2. The number of aliphatic carboxylic acids is 1. The van der Waals surface area contributed by atoms with E-state index in [0.717, 1.165) is 4.90 Å². The molecule has 0 aromatic carbocycles. The van der Waals surface area contributed by atoms with Crippen molar-refractivity contribution in [3.63, 3.8) is 0 Å². The maximum absolute atomic E-state index is 12.8. The topological polar surface area (TPSA) is 106 Å². The highest BCUT2D eigenvalue weighted by molar-refractivity contribution is 6.09. The number of hydrogen-bond acceptors (Lipinski definition) is 6. The van der Waals surface area contributed by atoms with Gasteiger partial charge in [-0.2, -0.15) is 4.90 Å². The van der Waals surface area contributed by atoms with Gasteiger partial charge in [-0.3, -0.25) is 0 Å². The van der Waals surface area contributed by atoms with E-state index >= 15 is 0 Å². The Morgan fingerprint density at radius 1 is 1.07 bits per heavy atom. The molecule has 0 aliphatic heterocycles. The Bertz CT molecular complexity index is 803. The van der Waals surface area contributed by atoms with Crippen molar-refractivity contribution in [2.24, 2.45) is 0 Å². The predicted molar refractivity (Wildman–Crippen MR) is 114 cm³/mol. The van der Waals surface area contributed by atoms with Crippen molar-refractivity contribution in [3.8, 4) is 0 Å². The van der Waals surface area contributed by atoms with Crippen LogP contribution in [-0.2, 0) is 20.7 Å². The first-order valence-electron chi connectivity index (χ1n) is 9.78. The first-order chi connectivity index (χ1) is 13.6. The van der Waals surface area contributed by atoms with Crippen LogP contribution in [0.3, 0.4) is 0 Å². The summed E-state index contributed by atoms with van der Waals surface area (Å²) in [4.78, 5) is 41.9. The van der Waals surface area contributed by atoms with Crippen LogP contribution in [0.4, 0.5) is 15.4 Å². The Balaban J connectivity index is 3.33. The molecule has 1 rings (SSSR count). The molecular formula is C22H32N2O6. The normalized spacial score (nSPS) is 12.3. The van der Waals surface area contributed by atoms with E-state index in [2.05, 4.69) is 4.98 Å². The Hall–Kier alpha value is -2.90. The molecule has 8 nitrogen and oxygen atoms in total. The summed E-state index contributed by atoms with van der Waals surface area (Å²) in [5, 5.41) is 9.32. The second kappa shape index (κ2) is 9.73. The molecule has 0 fully saturated rings. The first kappa shape index (κ1) is 25.1. The van der Waals surface area contributed by atoms with E-state index in [4.69, 9.17) is 9.47 Å². The van der Waals surface area contributed by atoms with Gasteiger partial charge in [-0.05, 0) is 66.0 Å². The third-order valence-electron chi connectivity index (χ3n) is 3.59. The summed E-state index contributed by atoms with van der Waals surface area (Å²) in [7, 11) is 0. The van der Waals surface area contributed by atoms with Gasteiger partial charge in [0.15, 0.2) is 5.82 Å². The standard InChI is InChI=1S/C22H32N2O6/c1-9-10-16(18(25)26)12-15-11-14(2)17(23-13-15)24(19(27)29-21(3,4)5)20(28)30-22(6,7)8/h10-11,13H,9,12H2,1-8H3,(H,25,26). The molecule has 1 aromatic rings. The molecule has 0 radical (unpaired) electrons. The van der Waals surface area contributed by atoms with Crippen LogP contribution >= 0.6 is 0 Å². The predicted octanol–water partition coefficient (Wildman–Crippen LogP) is 5.03. The molecule has 0 aliphatic carbocycles. The van der Waals surface area contributed by atoms with Crippen LogP contribution in [0.15, 0.2) is 23.9 Å². The largest absolute Gasteiger partial charge is 0.478 e. The number of imide groups is 1. The van der Waals surface area contributed by atoms with Gasteiger partial charge < -0.3 is 14.6 Å². The highest BCUT2D eigenvalue weighted by Crippen LogP contribution is 2.24. The zero-order valence-electron chi connectivity index (χ0n) is 19.0. The van der Waals surface area contributed by atoms with Crippen molar-refractivity contribution in [2.75, 3.05) is 4.90 Å². The van der Waals surface area contributed by atoms with Crippen LogP contribution < -0.4 is 4.90 Å². The number of aromatic nitrogens is 1. The summed E-state index contributed by atoms with van der Waals surface area (Å²) >= 11 is 0. The van der Waals surface area contributed by atoms with Gasteiger partial charge in [0, 0.05) is 18.2 Å². The number of allylic oxidation sites excluding steroid dienone is 1. The van der Waals surface area contributed by atoms with Crippen LogP contribution in [0.1, 0.15) is 66.0 Å². The van der Waals surface area contributed by atoms with Gasteiger partial charge in [0.05, 0.1) is 0 Å². The zero-order valence-corrected chi connectivity index (χ0v) is 19.0. The molecule has 8 heteroatoms. The molecule has 166 valence electrons. The lowest BCUT2D eigenvalue weighted by molar-refractivity contribution is -0.132. The number of carboxylic acid groups (broad SMARTS) is 1. The van der Waals surface area contributed by atoms with Crippen LogP contribution in [0, 0.1) is 6.92 Å². The van der Waals surface area contributed by atoms with Crippen LogP contribution in [-0.4, -0.2) is 39.4 Å². The number of carboxylic acids is 1. The van der Waals surface area contributed by atoms with Gasteiger partial charge >= 0.3 is 18.2 Å². The fraction of sp³-hybridized carbons (Fsp3) is 0.545. The summed E-state index contributed by atoms with van der Waals surface area (Å²) < 4.78 is 10.7. The molecule has 0 unspecified atom stereocenters. The lowest BCUT2D eigenvalue weighted by atomic mass is 10.0. The van der Waals surface area contributed by atoms with E-state index in [1.165, 1.54) is 6.20 Å². The Morgan fingerprint density at radius 2 is 1.57 bits per heavy atom. The van der Waals surface area contributed by atoms with E-state index < -0.39 is 29.4 Å². The Labute approximate surface area is 177 Å². The van der Waals surface area contributed by atoms with Gasteiger partial charge in [-0.1, -0.05) is 19.1 Å². The highest BCUT2D eigenvalue weighted by atomic mass is 16.6. The number of carbonyl (C=O) groups excluding carboxylic acids is 2. The van der Waals surface area contributed by atoms with Crippen molar-refractivity contribution in [1.82, 2.24) is 4.98 Å². The summed E-state index contributed by atoms with van der Waals surface area (Å²) in [5.74, 6) is -0.929. The number of aryl methyl sites for hydroxylation is 1. The van der Waals surface area contributed by atoms with E-state index in [1.807, 2.05) is 6.92 Å². The number of rotatable bonds is 5. The van der Waals surface area contributed by atoms with E-state index in [9.17, 15) is 19.5 Å². The van der Waals surface area contributed by atoms with Gasteiger partial charge in [-0.15, -0.1) is 0 Å². The van der Waals surface area contributed by atoms with Crippen LogP contribution in [0.2, 0.25) is 0 Å². The molecule has 1 aromatic heterocycles. The third-order valence-corrected chi connectivity index (χ3v) is 3.59. The minimum Gasteiger partial charge on any atom is -0.478 e. The van der Waals surface area contributed by atoms with Crippen LogP contribution in [0.5, 0.6) is 0 Å². The van der Waals surface area contributed by atoms with Gasteiger partial charge in [-0.25, -0.2) is 19.4 Å². The molecule has 0 saturated carbocycles. The summed E-state index contributed by atoms with van der Waals surface area (Å²) in [5.41, 5.74) is -0.251. The average Bonchev–Trinajstić information content (AvgIpc) is 2.53. The number of anilines is 1. The third kappa shape index (κ3) is 7.85. The molecule has 0 saturated heterocycles. The molecule has 2 amide bonds. The van der Waals surface area contributed by atoms with Crippen LogP contribution in [0.25, 0.3) is 0 Å². The molecule has 1 N–H and O–H groups in total. The average molecular weight is 421 g/mol. The van der Waals surface area contributed by atoms with E-state index in [1.54, 1.807) is 60.6 Å². The molecule has 0 aliphatic rings. The van der Waals surface area contributed by atoms with Crippen molar-refractivity contribution in [3.05, 3.63) is 35.0 Å². The van der Waals surface area contributed by atoms with E-state index in [-0.39, 0.29) is 17.8 Å². The molecule has 0 atom stereocenters. The SMILES string of the molecule is CCC=C(Cc1cnc(N(C(=O)OC(C)(C)C)C(=O)OC(C)(C)C)c(C)c1)C(=O)O. The maximum atomic E-state index is 12.8. The zero-order chi connectivity index (χ0) is 23.3. The van der Waals surface area contributed by atoms with Gasteiger partial charge in [0.25, 0.3) is 0 Å². The lowest BCUT2D eigenvalue weighted by Crippen LogP contribution is -2.44. The number of carbonyl (C=O) groups is 3. The quantitative estimate of drug-likeness (QED) is 0.666. The minimum atomic E-state index is -0.997. The Morgan fingerprint density at radius 3 is 1.93 bits per heavy atom. The second-order valence-corrected chi connectivity index (χ2v) is 8.90. The molecule has 0 bridgehead atoms. The lowest BCUT2D eigenvalue weighted by Gasteiger charge is -2.28. The van der Waals surface area contributed by atoms with Gasteiger partial charge in [0.2, 0.25) is 0 Å². The highest BCUT2D eigenvalue weighted by Gasteiger charge is 2.34. The molecule has 1 heterocycles. The van der Waals surface area contributed by atoms with E-state index in [0.29, 0.717) is 17.5 Å². The maximum Gasteiger partial charge on any atom is 0.425 e. The second-order valence-electron chi connectivity index (χ2n) is 8.90. The number of nitrogens with zero attached hydrogens (tertiary/aromatic N) is 2. The molecule has 0 spiro atoms. The van der Waals surface area contributed by atoms with Crippen molar-refractivity contribution in [2.45, 2.75) is 79.4 Å². The van der Waals surface area contributed by atoms with Gasteiger partial charge in [0.1, 0.15) is 11.2 Å². The number of hydrogen-bond donors (Lipinski definition) is 1. The number of pyridine rings is 1. The summed E-state index contributed by atoms with van der Waals surface area (Å²) in [6.45, 7) is 13.7. The molecular weight excluding hydrogens is 388 g/mol. The minimum absolute atomic E-state index is 0.0681. The fourth-order valence-corrected chi connectivity index (χ4v) is 2.52. The Kier molecular flexibility index (Phi) is 8.16. The fourth-order valence-electron chi connectivity index (χ4n) is 2.52.